The molecule has 1 fully saturated rings. The van der Waals surface area contributed by atoms with Gasteiger partial charge >= 0.3 is 6.03 Å². The number of para-hydroxylation sites is 2. The summed E-state index contributed by atoms with van der Waals surface area (Å²) in [5, 5.41) is 5.22. The molecule has 2 rings (SSSR count). The first-order valence-electron chi connectivity index (χ1n) is 5.59. The minimum atomic E-state index is -2.99. The van der Waals surface area contributed by atoms with Gasteiger partial charge in [0.25, 0.3) is 0 Å². The summed E-state index contributed by atoms with van der Waals surface area (Å²) in [7, 11) is -2.99. The number of hydrogen-bond acceptors (Lipinski definition) is 4. The average Bonchev–Trinajstić information content (AvgIpc) is 2.61. The van der Waals surface area contributed by atoms with Gasteiger partial charge in [-0.1, -0.05) is 12.1 Å². The fourth-order valence-corrected chi connectivity index (χ4v) is 3.54. The topological polar surface area (TPSA) is 101 Å². The van der Waals surface area contributed by atoms with Gasteiger partial charge in [0.05, 0.1) is 22.9 Å². The first-order chi connectivity index (χ1) is 8.46. The van der Waals surface area contributed by atoms with Gasteiger partial charge in [-0.05, 0) is 18.6 Å². The number of anilines is 2. The Kier molecular flexibility index (Phi) is 3.42. The van der Waals surface area contributed by atoms with E-state index in [0.717, 1.165) is 0 Å². The van der Waals surface area contributed by atoms with Crippen molar-refractivity contribution in [2.75, 3.05) is 22.6 Å². The van der Waals surface area contributed by atoms with Crippen molar-refractivity contribution in [2.24, 2.45) is 0 Å². The number of carbonyl (C=O) groups is 1. The molecule has 1 heterocycles. The lowest BCUT2D eigenvalue weighted by Gasteiger charge is -2.13. The van der Waals surface area contributed by atoms with Crippen LogP contribution < -0.4 is 16.4 Å². The molecule has 1 aliphatic heterocycles. The molecular formula is C11H15N3O3S. The van der Waals surface area contributed by atoms with Gasteiger partial charge in [0.15, 0.2) is 9.84 Å². The van der Waals surface area contributed by atoms with Crippen LogP contribution in [0.2, 0.25) is 0 Å². The second-order valence-electron chi connectivity index (χ2n) is 4.29. The predicted octanol–water partition coefficient (Wildman–Crippen LogP) is 0.577. The number of benzene rings is 1. The Balaban J connectivity index is 1.92. The molecule has 18 heavy (non-hydrogen) atoms. The zero-order chi connectivity index (χ0) is 13.2. The van der Waals surface area contributed by atoms with Crippen LogP contribution in [0, 0.1) is 0 Å². The summed E-state index contributed by atoms with van der Waals surface area (Å²) in [6, 6.07) is 6.12. The number of hydrogen-bond donors (Lipinski definition) is 3. The third kappa shape index (κ3) is 3.13. The van der Waals surface area contributed by atoms with Gasteiger partial charge in [0.1, 0.15) is 0 Å². The zero-order valence-electron chi connectivity index (χ0n) is 9.72. The lowest BCUT2D eigenvalue weighted by molar-refractivity contribution is 0.249. The molecule has 1 aromatic carbocycles. The highest BCUT2D eigenvalue weighted by atomic mass is 32.2. The van der Waals surface area contributed by atoms with Crippen LogP contribution >= 0.6 is 0 Å². The molecule has 2 amide bonds. The highest BCUT2D eigenvalue weighted by Crippen LogP contribution is 2.17. The molecule has 1 atom stereocenters. The summed E-state index contributed by atoms with van der Waals surface area (Å²) in [5.74, 6) is 0.135. The maximum atomic E-state index is 11.7. The van der Waals surface area contributed by atoms with Crippen LogP contribution in [-0.2, 0) is 9.84 Å². The maximum Gasteiger partial charge on any atom is 0.319 e. The van der Waals surface area contributed by atoms with Crippen LogP contribution in [0.1, 0.15) is 6.42 Å². The van der Waals surface area contributed by atoms with E-state index in [-0.39, 0.29) is 17.5 Å². The molecule has 0 bridgehead atoms. The Labute approximate surface area is 105 Å². The molecule has 98 valence electrons. The Morgan fingerprint density at radius 2 is 2.06 bits per heavy atom. The summed E-state index contributed by atoms with van der Waals surface area (Å²) in [6.45, 7) is 0. The van der Waals surface area contributed by atoms with E-state index in [9.17, 15) is 13.2 Å². The largest absolute Gasteiger partial charge is 0.397 e. The minimum absolute atomic E-state index is 0.00465. The van der Waals surface area contributed by atoms with E-state index in [4.69, 9.17) is 5.73 Å². The Hall–Kier alpha value is -1.76. The molecule has 1 aromatic rings. The number of nitrogens with two attached hydrogens (primary N) is 1. The fourth-order valence-electron chi connectivity index (χ4n) is 1.86. The standard InChI is InChI=1S/C11H15N3O3S/c12-9-3-1-2-4-10(9)14-11(15)13-8-5-6-18(16,17)7-8/h1-4,8H,5-7,12H2,(H2,13,14,15). The van der Waals surface area contributed by atoms with Gasteiger partial charge < -0.3 is 16.4 Å². The second-order valence-corrected chi connectivity index (χ2v) is 6.51. The third-order valence-corrected chi connectivity index (χ3v) is 4.54. The number of carbonyl (C=O) groups excluding carboxylic acids is 1. The van der Waals surface area contributed by atoms with Gasteiger partial charge in [0.2, 0.25) is 0 Å². The van der Waals surface area contributed by atoms with Gasteiger partial charge in [-0.2, -0.15) is 0 Å². The van der Waals surface area contributed by atoms with E-state index < -0.39 is 15.9 Å². The molecule has 0 radical (unpaired) electrons. The van der Waals surface area contributed by atoms with Crippen molar-refractivity contribution in [3.8, 4) is 0 Å². The number of nitrogen functional groups attached to an aromatic ring is 1. The highest BCUT2D eigenvalue weighted by molar-refractivity contribution is 7.91. The molecule has 0 aliphatic carbocycles. The molecule has 1 unspecified atom stereocenters. The molecular weight excluding hydrogens is 254 g/mol. The van der Waals surface area contributed by atoms with Crippen molar-refractivity contribution in [1.29, 1.82) is 0 Å². The minimum Gasteiger partial charge on any atom is -0.397 e. The highest BCUT2D eigenvalue weighted by Gasteiger charge is 2.28. The smallest absolute Gasteiger partial charge is 0.319 e. The lowest BCUT2D eigenvalue weighted by Crippen LogP contribution is -2.38. The van der Waals surface area contributed by atoms with Crippen LogP contribution in [0.4, 0.5) is 16.2 Å². The van der Waals surface area contributed by atoms with Crippen molar-refractivity contribution in [1.82, 2.24) is 5.32 Å². The second kappa shape index (κ2) is 4.85. The quantitative estimate of drug-likeness (QED) is 0.683. The van der Waals surface area contributed by atoms with Gasteiger partial charge in [-0.25, -0.2) is 13.2 Å². The molecule has 7 heteroatoms. The van der Waals surface area contributed by atoms with E-state index in [1.165, 1.54) is 0 Å². The number of sulfone groups is 1. The van der Waals surface area contributed by atoms with E-state index in [1.807, 2.05) is 0 Å². The van der Waals surface area contributed by atoms with Crippen molar-refractivity contribution in [3.05, 3.63) is 24.3 Å². The van der Waals surface area contributed by atoms with Crippen molar-refractivity contribution >= 4 is 27.2 Å². The predicted molar refractivity (Wildman–Crippen MR) is 70.1 cm³/mol. The van der Waals surface area contributed by atoms with E-state index in [0.29, 0.717) is 17.8 Å². The molecule has 6 nitrogen and oxygen atoms in total. The first kappa shape index (κ1) is 12.7. The number of urea groups is 1. The number of amides is 2. The number of nitrogens with one attached hydrogen (secondary N) is 2. The van der Waals surface area contributed by atoms with Gasteiger partial charge in [0, 0.05) is 6.04 Å². The zero-order valence-corrected chi connectivity index (χ0v) is 10.5. The van der Waals surface area contributed by atoms with Crippen LogP contribution in [0.15, 0.2) is 24.3 Å². The third-order valence-electron chi connectivity index (χ3n) is 2.78. The average molecular weight is 269 g/mol. The summed E-state index contributed by atoms with van der Waals surface area (Å²) in [6.07, 6.45) is 0.458. The normalized spacial score (nSPS) is 21.4. The summed E-state index contributed by atoms with van der Waals surface area (Å²) in [5.41, 5.74) is 6.66. The molecule has 1 saturated heterocycles. The van der Waals surface area contributed by atoms with Crippen molar-refractivity contribution < 1.29 is 13.2 Å². The van der Waals surface area contributed by atoms with Gasteiger partial charge in [-0.3, -0.25) is 0 Å². The van der Waals surface area contributed by atoms with Crippen LogP contribution in [-0.4, -0.2) is 32.0 Å². The summed E-state index contributed by atoms with van der Waals surface area (Å²) < 4.78 is 22.5. The summed E-state index contributed by atoms with van der Waals surface area (Å²) in [4.78, 5) is 11.7. The van der Waals surface area contributed by atoms with E-state index in [1.54, 1.807) is 24.3 Å². The molecule has 4 N–H and O–H groups in total. The molecule has 0 aromatic heterocycles. The van der Waals surface area contributed by atoms with E-state index >= 15 is 0 Å². The van der Waals surface area contributed by atoms with Crippen LogP contribution in [0.3, 0.4) is 0 Å². The van der Waals surface area contributed by atoms with Crippen LogP contribution in [0.5, 0.6) is 0 Å². The molecule has 0 spiro atoms. The van der Waals surface area contributed by atoms with Crippen LogP contribution in [0.25, 0.3) is 0 Å². The van der Waals surface area contributed by atoms with Crippen molar-refractivity contribution in [3.63, 3.8) is 0 Å². The monoisotopic (exact) mass is 269 g/mol. The van der Waals surface area contributed by atoms with E-state index in [2.05, 4.69) is 10.6 Å². The Morgan fingerprint density at radius 3 is 2.67 bits per heavy atom. The molecule has 1 aliphatic rings. The SMILES string of the molecule is Nc1ccccc1NC(=O)NC1CCS(=O)(=O)C1. The Bertz CT molecular complexity index is 556. The fraction of sp³-hybridized carbons (Fsp3) is 0.364. The first-order valence-corrected chi connectivity index (χ1v) is 7.41. The summed E-state index contributed by atoms with van der Waals surface area (Å²) >= 11 is 0. The maximum absolute atomic E-state index is 11.7. The molecule has 0 saturated carbocycles. The Morgan fingerprint density at radius 1 is 1.33 bits per heavy atom. The number of rotatable bonds is 2. The lowest BCUT2D eigenvalue weighted by atomic mass is 10.2. The van der Waals surface area contributed by atoms with Crippen molar-refractivity contribution in [2.45, 2.75) is 12.5 Å². The van der Waals surface area contributed by atoms with Gasteiger partial charge in [-0.15, -0.1) is 0 Å².